The maximum atomic E-state index is 4.64. The van der Waals surface area contributed by atoms with Gasteiger partial charge in [-0.2, -0.15) is 0 Å². The van der Waals surface area contributed by atoms with E-state index in [2.05, 4.69) is 204 Å². The monoisotopic (exact) mass is 786 g/mol. The van der Waals surface area contributed by atoms with Crippen molar-refractivity contribution in [2.45, 2.75) is 39.5 Å². The van der Waals surface area contributed by atoms with Crippen molar-refractivity contribution in [3.05, 3.63) is 210 Å². The zero-order valence-electron chi connectivity index (χ0n) is 34.7. The Morgan fingerprint density at radius 1 is 0.639 bits per heavy atom. The first kappa shape index (κ1) is 36.8. The van der Waals surface area contributed by atoms with Crippen LogP contribution in [0.2, 0.25) is 0 Å². The van der Waals surface area contributed by atoms with Gasteiger partial charge in [0.15, 0.2) is 0 Å². The highest BCUT2D eigenvalue weighted by Gasteiger charge is 2.30. The molecule has 294 valence electrons. The molecule has 0 bridgehead atoms. The molecular weight excluding hydrogens is 741 g/mol. The molecule has 2 aliphatic rings. The molecule has 2 unspecified atom stereocenters. The summed E-state index contributed by atoms with van der Waals surface area (Å²) in [5.74, 6) is 0.881. The fraction of sp³-hybridized carbons (Fsp3) is 0.123. The van der Waals surface area contributed by atoms with Crippen molar-refractivity contribution >= 4 is 54.5 Å². The Balaban J connectivity index is 0.000000138. The molecule has 7 aromatic carbocycles. The van der Waals surface area contributed by atoms with Gasteiger partial charge in [0, 0.05) is 38.7 Å². The van der Waals surface area contributed by atoms with Gasteiger partial charge in [0.1, 0.15) is 6.33 Å². The summed E-state index contributed by atoms with van der Waals surface area (Å²) in [5.41, 5.74) is 18.8. The molecular formula is C57H46N4. The number of aromatic nitrogens is 4. The van der Waals surface area contributed by atoms with E-state index in [0.717, 1.165) is 27.6 Å². The Bertz CT molecular complexity index is 3400. The fourth-order valence-electron chi connectivity index (χ4n) is 10.2. The molecule has 3 heterocycles. The third kappa shape index (κ3) is 6.29. The van der Waals surface area contributed by atoms with Crippen LogP contribution in [0.15, 0.2) is 194 Å². The minimum atomic E-state index is 0.391. The van der Waals surface area contributed by atoms with Gasteiger partial charge in [-0.15, -0.1) is 0 Å². The second-order valence-electron chi connectivity index (χ2n) is 16.7. The molecule has 0 radical (unpaired) electrons. The van der Waals surface area contributed by atoms with Gasteiger partial charge in [0.25, 0.3) is 0 Å². The van der Waals surface area contributed by atoms with E-state index in [4.69, 9.17) is 0 Å². The minimum Gasteiger partial charge on any atom is -0.354 e. The number of fused-ring (bicyclic) bond motifs is 8. The number of para-hydroxylation sites is 2. The first-order valence-corrected chi connectivity index (χ1v) is 21.5. The number of H-pyrrole nitrogens is 1. The Morgan fingerprint density at radius 3 is 2.18 bits per heavy atom. The van der Waals surface area contributed by atoms with Crippen molar-refractivity contribution in [1.29, 1.82) is 0 Å². The molecule has 10 aromatic rings. The topological polar surface area (TPSA) is 46.5 Å². The molecule has 0 fully saturated rings. The van der Waals surface area contributed by atoms with Gasteiger partial charge in [-0.3, -0.25) is 0 Å². The molecule has 0 saturated carbocycles. The van der Waals surface area contributed by atoms with E-state index in [1.165, 1.54) is 95.5 Å². The summed E-state index contributed by atoms with van der Waals surface area (Å²) in [7, 11) is 0. The highest BCUT2D eigenvalue weighted by atomic mass is 15.0. The van der Waals surface area contributed by atoms with Gasteiger partial charge in [0.2, 0.25) is 0 Å². The van der Waals surface area contributed by atoms with Crippen LogP contribution >= 0.6 is 0 Å². The van der Waals surface area contributed by atoms with Crippen molar-refractivity contribution < 1.29 is 0 Å². The third-order valence-electron chi connectivity index (χ3n) is 13.1. The fourth-order valence-corrected chi connectivity index (χ4v) is 10.2. The zero-order valence-corrected chi connectivity index (χ0v) is 34.7. The summed E-state index contributed by atoms with van der Waals surface area (Å²) in [6.07, 6.45) is 15.5. The van der Waals surface area contributed by atoms with E-state index < -0.39 is 0 Å². The highest BCUT2D eigenvalue weighted by Crippen LogP contribution is 2.47. The first-order valence-electron chi connectivity index (χ1n) is 21.5. The molecule has 3 aromatic heterocycles. The van der Waals surface area contributed by atoms with Gasteiger partial charge in [-0.25, -0.2) is 9.97 Å². The Hall–Kier alpha value is -7.30. The van der Waals surface area contributed by atoms with Crippen LogP contribution in [0.25, 0.3) is 82.5 Å². The van der Waals surface area contributed by atoms with Gasteiger partial charge < -0.3 is 9.55 Å². The lowest BCUT2D eigenvalue weighted by Gasteiger charge is -2.32. The number of aromatic amines is 1. The predicted molar refractivity (Wildman–Crippen MR) is 256 cm³/mol. The molecule has 4 nitrogen and oxygen atoms in total. The number of allylic oxidation sites excluding steroid dienone is 6. The molecule has 0 saturated heterocycles. The summed E-state index contributed by atoms with van der Waals surface area (Å²) in [6.45, 7) is 6.89. The van der Waals surface area contributed by atoms with E-state index in [0.29, 0.717) is 11.8 Å². The second kappa shape index (κ2) is 15.1. The Labute approximate surface area is 356 Å². The van der Waals surface area contributed by atoms with Gasteiger partial charge in [-0.1, -0.05) is 140 Å². The van der Waals surface area contributed by atoms with Crippen LogP contribution in [-0.2, 0) is 0 Å². The van der Waals surface area contributed by atoms with E-state index >= 15 is 0 Å². The SMILES string of the molecule is Cc1c(C2C=CC3=C(C=CCC3)C2C)c2c3ccccc3[nH]c2c2ccccc12.Cc1cc(-c2ccccc2)cc(-c2ccc3c(c2)c2ncncc2n3-c2ccccc2)c1. The lowest BCUT2D eigenvalue weighted by Crippen LogP contribution is -2.17. The predicted octanol–water partition coefficient (Wildman–Crippen LogP) is 14.9. The van der Waals surface area contributed by atoms with Gasteiger partial charge in [-0.05, 0) is 124 Å². The first-order chi connectivity index (χ1) is 30.0. The average molecular weight is 787 g/mol. The van der Waals surface area contributed by atoms with Crippen molar-refractivity contribution in [3.63, 3.8) is 0 Å². The van der Waals surface area contributed by atoms with Crippen molar-refractivity contribution in [3.8, 4) is 27.9 Å². The molecule has 1 N–H and O–H groups in total. The lowest BCUT2D eigenvalue weighted by atomic mass is 9.72. The van der Waals surface area contributed by atoms with E-state index in [-0.39, 0.29) is 0 Å². The molecule has 0 amide bonds. The molecule has 12 rings (SSSR count). The van der Waals surface area contributed by atoms with E-state index in [9.17, 15) is 0 Å². The zero-order chi connectivity index (χ0) is 41.0. The van der Waals surface area contributed by atoms with Gasteiger partial charge >= 0.3 is 0 Å². The van der Waals surface area contributed by atoms with Crippen molar-refractivity contribution in [2.75, 3.05) is 0 Å². The molecule has 2 aliphatic carbocycles. The highest BCUT2D eigenvalue weighted by molar-refractivity contribution is 6.20. The minimum absolute atomic E-state index is 0.391. The Kier molecular flexibility index (Phi) is 9.08. The number of hydrogen-bond acceptors (Lipinski definition) is 2. The van der Waals surface area contributed by atoms with Crippen molar-refractivity contribution in [1.82, 2.24) is 19.5 Å². The smallest absolute Gasteiger partial charge is 0.116 e. The summed E-state index contributed by atoms with van der Waals surface area (Å²) in [4.78, 5) is 12.7. The number of benzene rings is 7. The maximum Gasteiger partial charge on any atom is 0.116 e. The van der Waals surface area contributed by atoms with Crippen LogP contribution in [0.4, 0.5) is 0 Å². The molecule has 0 spiro atoms. The number of hydrogen-bond donors (Lipinski definition) is 1. The standard InChI is InChI=1S/C29H21N3.C28H25N/c1-20-14-23(21-8-4-2-5-9-21)16-24(15-20)22-12-13-27-26(17-22)29-28(18-30-19-31-29)32(27)25-10-6-3-7-11-25;1-17-20-10-4-3-9-19(20)15-16-22(17)26-18(2)21-11-5-6-12-23(21)28-27(26)24-13-7-8-14-25(24)29-28/h2-19H,1H3;4-8,10-17,22,29H,3,9H2,1-2H3. The van der Waals surface area contributed by atoms with Crippen LogP contribution in [0.3, 0.4) is 0 Å². The molecule has 61 heavy (non-hydrogen) atoms. The van der Waals surface area contributed by atoms with E-state index in [1.54, 1.807) is 6.33 Å². The molecule has 4 heteroatoms. The third-order valence-corrected chi connectivity index (χ3v) is 13.1. The molecule has 0 aliphatic heterocycles. The van der Waals surface area contributed by atoms with Crippen LogP contribution in [0.1, 0.15) is 42.4 Å². The largest absolute Gasteiger partial charge is 0.354 e. The second-order valence-corrected chi connectivity index (χ2v) is 16.7. The summed E-state index contributed by atoms with van der Waals surface area (Å²) >= 11 is 0. The average Bonchev–Trinajstić information content (AvgIpc) is 3.87. The number of aryl methyl sites for hydroxylation is 2. The maximum absolute atomic E-state index is 4.64. The number of nitrogens with one attached hydrogen (secondary N) is 1. The summed E-state index contributed by atoms with van der Waals surface area (Å²) in [6, 6.07) is 52.0. The van der Waals surface area contributed by atoms with Crippen LogP contribution in [0, 0.1) is 19.8 Å². The molecule has 2 atom stereocenters. The number of rotatable bonds is 4. The van der Waals surface area contributed by atoms with Crippen LogP contribution in [-0.4, -0.2) is 19.5 Å². The van der Waals surface area contributed by atoms with E-state index in [1.807, 2.05) is 12.3 Å². The van der Waals surface area contributed by atoms with Crippen molar-refractivity contribution in [2.24, 2.45) is 5.92 Å². The summed E-state index contributed by atoms with van der Waals surface area (Å²) < 4.78 is 2.24. The number of nitrogens with zero attached hydrogens (tertiary/aromatic N) is 3. The summed E-state index contributed by atoms with van der Waals surface area (Å²) in [5, 5.41) is 6.56. The lowest BCUT2D eigenvalue weighted by molar-refractivity contribution is 0.598. The Morgan fingerprint density at radius 2 is 1.36 bits per heavy atom. The normalized spacial score (nSPS) is 16.1. The quantitative estimate of drug-likeness (QED) is 0.193. The van der Waals surface area contributed by atoms with Crippen LogP contribution in [0.5, 0.6) is 0 Å². The van der Waals surface area contributed by atoms with Crippen LogP contribution < -0.4 is 0 Å². The van der Waals surface area contributed by atoms with Gasteiger partial charge in [0.05, 0.1) is 28.3 Å².